The number of benzene rings is 1. The van der Waals surface area contributed by atoms with Gasteiger partial charge in [0.25, 0.3) is 5.91 Å². The van der Waals surface area contributed by atoms with E-state index >= 15 is 0 Å². The van der Waals surface area contributed by atoms with Gasteiger partial charge in [0.2, 0.25) is 0 Å². The average molecular weight is 294 g/mol. The molecule has 116 valence electrons. The molecular formula is C16H23FN2O2. The fraction of sp³-hybridized carbons (Fsp3) is 0.562. The predicted molar refractivity (Wildman–Crippen MR) is 81.1 cm³/mol. The number of anilines is 1. The molecule has 2 rings (SSSR count). The van der Waals surface area contributed by atoms with Crippen LogP contribution in [0.4, 0.5) is 10.1 Å². The number of carbonyl (C=O) groups excluding carboxylic acids is 1. The largest absolute Gasteiger partial charge is 0.379 e. The first-order valence-corrected chi connectivity index (χ1v) is 7.48. The Morgan fingerprint density at radius 3 is 2.86 bits per heavy atom. The van der Waals surface area contributed by atoms with Crippen molar-refractivity contribution in [3.63, 3.8) is 0 Å². The molecule has 1 aromatic rings. The number of amides is 1. The van der Waals surface area contributed by atoms with E-state index in [1.54, 1.807) is 6.07 Å². The number of halogens is 1. The van der Waals surface area contributed by atoms with Gasteiger partial charge in [0, 0.05) is 19.3 Å². The van der Waals surface area contributed by atoms with E-state index < -0.39 is 11.7 Å². The van der Waals surface area contributed by atoms with Gasteiger partial charge in [0.15, 0.2) is 0 Å². The molecule has 1 amide bonds. The molecular weight excluding hydrogens is 271 g/mol. The number of carbonyl (C=O) groups is 1. The Balaban J connectivity index is 2.14. The molecule has 1 heterocycles. The van der Waals surface area contributed by atoms with E-state index in [-0.39, 0.29) is 11.1 Å². The molecule has 1 saturated heterocycles. The highest BCUT2D eigenvalue weighted by molar-refractivity contribution is 5.94. The van der Waals surface area contributed by atoms with E-state index in [1.165, 1.54) is 19.2 Å². The van der Waals surface area contributed by atoms with Crippen LogP contribution in [-0.2, 0) is 4.74 Å². The predicted octanol–water partition coefficient (Wildman–Crippen LogP) is 2.95. The SMILES string of the molecule is CCCC[C@@]1(Nc2ccc(C(=O)NC)c(F)c2)CCOC1. The highest BCUT2D eigenvalue weighted by atomic mass is 19.1. The maximum atomic E-state index is 14.0. The number of hydrogen-bond donors (Lipinski definition) is 2. The first-order chi connectivity index (χ1) is 10.1. The molecule has 1 aromatic carbocycles. The maximum absolute atomic E-state index is 14.0. The monoisotopic (exact) mass is 294 g/mol. The van der Waals surface area contributed by atoms with Crippen molar-refractivity contribution >= 4 is 11.6 Å². The molecule has 0 unspecified atom stereocenters. The molecule has 2 N–H and O–H groups in total. The lowest BCUT2D eigenvalue weighted by Crippen LogP contribution is -2.38. The number of ether oxygens (including phenoxy) is 1. The lowest BCUT2D eigenvalue weighted by molar-refractivity contribution is 0.0959. The summed E-state index contributed by atoms with van der Waals surface area (Å²) >= 11 is 0. The molecule has 4 nitrogen and oxygen atoms in total. The minimum Gasteiger partial charge on any atom is -0.379 e. The summed E-state index contributed by atoms with van der Waals surface area (Å²) in [5.41, 5.74) is 0.645. The van der Waals surface area contributed by atoms with E-state index in [1.807, 2.05) is 0 Å². The van der Waals surface area contributed by atoms with E-state index in [2.05, 4.69) is 17.6 Å². The Hall–Kier alpha value is -1.62. The normalized spacial score (nSPS) is 21.3. The van der Waals surface area contributed by atoms with Gasteiger partial charge in [-0.25, -0.2) is 4.39 Å². The summed E-state index contributed by atoms with van der Waals surface area (Å²) in [5.74, 6) is -0.923. The lowest BCUT2D eigenvalue weighted by Gasteiger charge is -2.30. The first-order valence-electron chi connectivity index (χ1n) is 7.48. The molecule has 1 fully saturated rings. The molecule has 1 atom stereocenters. The molecule has 0 saturated carbocycles. The van der Waals surface area contributed by atoms with Crippen LogP contribution in [0.3, 0.4) is 0 Å². The van der Waals surface area contributed by atoms with E-state index in [9.17, 15) is 9.18 Å². The second-order valence-electron chi connectivity index (χ2n) is 5.59. The molecule has 1 aliphatic heterocycles. The highest BCUT2D eigenvalue weighted by Gasteiger charge is 2.34. The van der Waals surface area contributed by atoms with E-state index in [0.29, 0.717) is 12.3 Å². The van der Waals surface area contributed by atoms with Gasteiger partial charge in [-0.2, -0.15) is 0 Å². The Morgan fingerprint density at radius 2 is 2.29 bits per heavy atom. The Bertz CT molecular complexity index is 499. The van der Waals surface area contributed by atoms with E-state index in [4.69, 9.17) is 4.74 Å². The van der Waals surface area contributed by atoms with Crippen molar-refractivity contribution < 1.29 is 13.9 Å². The van der Waals surface area contributed by atoms with Crippen molar-refractivity contribution in [2.75, 3.05) is 25.6 Å². The highest BCUT2D eigenvalue weighted by Crippen LogP contribution is 2.30. The number of hydrogen-bond acceptors (Lipinski definition) is 3. The van der Waals surface area contributed by atoms with Crippen molar-refractivity contribution in [2.45, 2.75) is 38.1 Å². The van der Waals surface area contributed by atoms with Gasteiger partial charge in [-0.3, -0.25) is 4.79 Å². The van der Waals surface area contributed by atoms with E-state index in [0.717, 1.165) is 32.3 Å². The molecule has 0 aromatic heterocycles. The first kappa shape index (κ1) is 15.8. The summed E-state index contributed by atoms with van der Waals surface area (Å²) in [4.78, 5) is 11.5. The minimum atomic E-state index is -0.510. The van der Waals surface area contributed by atoms with Gasteiger partial charge < -0.3 is 15.4 Å². The van der Waals surface area contributed by atoms with Crippen LogP contribution in [0.5, 0.6) is 0 Å². The minimum absolute atomic E-state index is 0.0633. The summed E-state index contributed by atoms with van der Waals surface area (Å²) in [6.07, 6.45) is 4.15. The van der Waals surface area contributed by atoms with Crippen LogP contribution in [-0.4, -0.2) is 31.7 Å². The molecule has 0 aliphatic carbocycles. The van der Waals surface area contributed by atoms with Crippen LogP contribution in [0.25, 0.3) is 0 Å². The smallest absolute Gasteiger partial charge is 0.253 e. The van der Waals surface area contributed by atoms with Crippen LogP contribution in [0.2, 0.25) is 0 Å². The van der Waals surface area contributed by atoms with Crippen LogP contribution in [0.15, 0.2) is 18.2 Å². The fourth-order valence-electron chi connectivity index (χ4n) is 2.70. The van der Waals surface area contributed by atoms with Gasteiger partial charge in [0.1, 0.15) is 5.82 Å². The Morgan fingerprint density at radius 1 is 1.48 bits per heavy atom. The van der Waals surface area contributed by atoms with Crippen molar-refractivity contribution in [1.82, 2.24) is 5.32 Å². The standard InChI is InChI=1S/C16H23FN2O2/c1-3-4-7-16(8-9-21-11-16)19-12-5-6-13(14(17)10-12)15(20)18-2/h5-6,10,19H,3-4,7-9,11H2,1-2H3,(H,18,20)/t16-/m1/s1. The van der Waals surface area contributed by atoms with Gasteiger partial charge in [0.05, 0.1) is 17.7 Å². The van der Waals surface area contributed by atoms with Crippen molar-refractivity contribution in [1.29, 1.82) is 0 Å². The zero-order valence-corrected chi connectivity index (χ0v) is 12.7. The van der Waals surface area contributed by atoms with Crippen molar-refractivity contribution in [3.05, 3.63) is 29.6 Å². The van der Waals surface area contributed by atoms with Gasteiger partial charge >= 0.3 is 0 Å². The quantitative estimate of drug-likeness (QED) is 0.848. The second-order valence-corrected chi connectivity index (χ2v) is 5.59. The summed E-state index contributed by atoms with van der Waals surface area (Å²) in [7, 11) is 1.49. The zero-order valence-electron chi connectivity index (χ0n) is 12.7. The Labute approximate surface area is 125 Å². The molecule has 0 spiro atoms. The van der Waals surface area contributed by atoms with Crippen LogP contribution >= 0.6 is 0 Å². The number of rotatable bonds is 6. The molecule has 0 bridgehead atoms. The fourth-order valence-corrected chi connectivity index (χ4v) is 2.70. The Kier molecular flexibility index (Phi) is 5.17. The molecule has 21 heavy (non-hydrogen) atoms. The van der Waals surface area contributed by atoms with Crippen LogP contribution in [0.1, 0.15) is 43.0 Å². The van der Waals surface area contributed by atoms with Gasteiger partial charge in [-0.1, -0.05) is 19.8 Å². The van der Waals surface area contributed by atoms with Crippen LogP contribution in [0, 0.1) is 5.82 Å². The topological polar surface area (TPSA) is 50.4 Å². The molecule has 1 aliphatic rings. The number of nitrogens with one attached hydrogen (secondary N) is 2. The summed E-state index contributed by atoms with van der Waals surface area (Å²) < 4.78 is 19.5. The summed E-state index contributed by atoms with van der Waals surface area (Å²) in [5, 5.41) is 5.85. The van der Waals surface area contributed by atoms with Gasteiger partial charge in [-0.15, -0.1) is 0 Å². The number of unbranched alkanes of at least 4 members (excludes halogenated alkanes) is 1. The zero-order chi connectivity index (χ0) is 15.3. The third kappa shape index (κ3) is 3.73. The third-order valence-electron chi connectivity index (χ3n) is 3.96. The summed E-state index contributed by atoms with van der Waals surface area (Å²) in [6, 6.07) is 4.65. The van der Waals surface area contributed by atoms with Crippen molar-refractivity contribution in [2.24, 2.45) is 0 Å². The van der Waals surface area contributed by atoms with Crippen LogP contribution < -0.4 is 10.6 Å². The molecule has 5 heteroatoms. The third-order valence-corrected chi connectivity index (χ3v) is 3.96. The maximum Gasteiger partial charge on any atom is 0.253 e. The van der Waals surface area contributed by atoms with Gasteiger partial charge in [-0.05, 0) is 31.0 Å². The lowest BCUT2D eigenvalue weighted by atomic mass is 9.91. The molecule has 0 radical (unpaired) electrons. The average Bonchev–Trinajstić information content (AvgIpc) is 2.93. The second kappa shape index (κ2) is 6.89. The summed E-state index contributed by atoms with van der Waals surface area (Å²) in [6.45, 7) is 3.53. The van der Waals surface area contributed by atoms with Crippen molar-refractivity contribution in [3.8, 4) is 0 Å².